The SMILES string of the molecule is FC(c1ccncc1)n1ccc(CC(F)(F)F)n1. The summed E-state index contributed by atoms with van der Waals surface area (Å²) in [4.78, 5) is 3.73. The maximum atomic E-state index is 13.9. The summed E-state index contributed by atoms with van der Waals surface area (Å²) in [7, 11) is 0. The van der Waals surface area contributed by atoms with Gasteiger partial charge in [0.1, 0.15) is 0 Å². The van der Waals surface area contributed by atoms with Crippen LogP contribution in [0, 0.1) is 0 Å². The van der Waals surface area contributed by atoms with E-state index in [4.69, 9.17) is 0 Å². The maximum Gasteiger partial charge on any atom is 0.394 e. The minimum absolute atomic E-state index is 0.209. The highest BCUT2D eigenvalue weighted by Crippen LogP contribution is 2.22. The second kappa shape index (κ2) is 4.75. The van der Waals surface area contributed by atoms with Gasteiger partial charge in [-0.1, -0.05) is 0 Å². The van der Waals surface area contributed by atoms with E-state index < -0.39 is 18.9 Å². The summed E-state index contributed by atoms with van der Waals surface area (Å²) in [6, 6.07) is 4.03. The summed E-state index contributed by atoms with van der Waals surface area (Å²) < 4.78 is 51.1. The smallest absolute Gasteiger partial charge is 0.265 e. The summed E-state index contributed by atoms with van der Waals surface area (Å²) in [5.41, 5.74) is 0.0749. The van der Waals surface area contributed by atoms with Crippen LogP contribution in [0.25, 0.3) is 0 Å². The highest BCUT2D eigenvalue weighted by atomic mass is 19.4. The Labute approximate surface area is 100 Å². The summed E-state index contributed by atoms with van der Waals surface area (Å²) >= 11 is 0. The number of hydrogen-bond donors (Lipinski definition) is 0. The number of rotatable bonds is 3. The molecule has 2 aromatic heterocycles. The highest BCUT2D eigenvalue weighted by molar-refractivity contribution is 5.14. The lowest BCUT2D eigenvalue weighted by Gasteiger charge is -2.08. The van der Waals surface area contributed by atoms with Crippen LogP contribution in [-0.4, -0.2) is 20.9 Å². The van der Waals surface area contributed by atoms with Crippen molar-refractivity contribution in [3.8, 4) is 0 Å². The van der Waals surface area contributed by atoms with E-state index in [0.29, 0.717) is 0 Å². The van der Waals surface area contributed by atoms with Crippen molar-refractivity contribution in [2.24, 2.45) is 0 Å². The van der Waals surface area contributed by atoms with Crippen molar-refractivity contribution in [1.29, 1.82) is 0 Å². The van der Waals surface area contributed by atoms with Gasteiger partial charge in [0.05, 0.1) is 12.1 Å². The number of nitrogens with zero attached hydrogens (tertiary/aromatic N) is 3. The first-order valence-corrected chi connectivity index (χ1v) is 5.10. The molecule has 1 atom stereocenters. The molecule has 0 saturated heterocycles. The van der Waals surface area contributed by atoms with Crippen LogP contribution in [0.4, 0.5) is 17.6 Å². The summed E-state index contributed by atoms with van der Waals surface area (Å²) in [5, 5.41) is 3.57. The summed E-state index contributed by atoms with van der Waals surface area (Å²) in [6.45, 7) is 0. The third kappa shape index (κ3) is 3.06. The van der Waals surface area contributed by atoms with E-state index in [1.165, 1.54) is 30.7 Å². The van der Waals surface area contributed by atoms with Crippen molar-refractivity contribution in [3.05, 3.63) is 48.0 Å². The zero-order valence-corrected chi connectivity index (χ0v) is 9.10. The molecule has 0 aromatic carbocycles. The maximum absolute atomic E-state index is 13.9. The molecule has 0 saturated carbocycles. The molecule has 0 N–H and O–H groups in total. The number of halogens is 4. The van der Waals surface area contributed by atoms with Crippen LogP contribution in [0.1, 0.15) is 17.6 Å². The molecule has 0 bridgehead atoms. The van der Waals surface area contributed by atoms with Crippen LogP contribution in [0.5, 0.6) is 0 Å². The van der Waals surface area contributed by atoms with Crippen LogP contribution in [-0.2, 0) is 6.42 Å². The molecule has 2 heterocycles. The Kier molecular flexibility index (Phi) is 3.31. The van der Waals surface area contributed by atoms with Crippen molar-refractivity contribution in [2.75, 3.05) is 0 Å². The second-order valence-corrected chi connectivity index (χ2v) is 3.70. The fourth-order valence-corrected chi connectivity index (χ4v) is 1.48. The first-order chi connectivity index (χ1) is 8.46. The van der Waals surface area contributed by atoms with Crippen LogP contribution in [0.15, 0.2) is 36.8 Å². The average Bonchev–Trinajstić information content (AvgIpc) is 2.75. The molecule has 0 spiro atoms. The Hall–Kier alpha value is -1.92. The molecule has 0 aliphatic carbocycles. The van der Waals surface area contributed by atoms with Crippen molar-refractivity contribution < 1.29 is 17.6 Å². The monoisotopic (exact) mass is 259 g/mol. The number of pyridine rings is 1. The van der Waals surface area contributed by atoms with E-state index in [9.17, 15) is 17.6 Å². The summed E-state index contributed by atoms with van der Waals surface area (Å²) in [6.07, 6.45) is -3.13. The van der Waals surface area contributed by atoms with Gasteiger partial charge in [0.25, 0.3) is 0 Å². The third-order valence-electron chi connectivity index (χ3n) is 2.26. The molecule has 0 fully saturated rings. The molecule has 0 amide bonds. The van der Waals surface area contributed by atoms with E-state index in [1.54, 1.807) is 0 Å². The molecule has 3 nitrogen and oxygen atoms in total. The minimum Gasteiger partial charge on any atom is -0.265 e. The Bertz CT molecular complexity index is 507. The molecule has 2 rings (SSSR count). The van der Waals surface area contributed by atoms with Crippen molar-refractivity contribution in [2.45, 2.75) is 18.9 Å². The number of aromatic nitrogens is 3. The fraction of sp³-hybridized carbons (Fsp3) is 0.273. The van der Waals surface area contributed by atoms with Crippen LogP contribution in [0.3, 0.4) is 0 Å². The Morgan fingerprint density at radius 3 is 2.44 bits per heavy atom. The minimum atomic E-state index is -4.35. The fourth-order valence-electron chi connectivity index (χ4n) is 1.48. The predicted molar refractivity (Wildman–Crippen MR) is 55.5 cm³/mol. The summed E-state index contributed by atoms with van der Waals surface area (Å²) in [5.74, 6) is 0. The normalized spacial score (nSPS) is 13.6. The molecule has 96 valence electrons. The standard InChI is InChI=1S/C11H9F4N3/c12-10(8-1-4-16-5-2-8)18-6-3-9(17-18)7-11(13,14)15/h1-6,10H,7H2. The van der Waals surface area contributed by atoms with Gasteiger partial charge >= 0.3 is 6.18 Å². The topological polar surface area (TPSA) is 30.7 Å². The molecule has 2 aromatic rings. The molecular formula is C11H9F4N3. The van der Waals surface area contributed by atoms with E-state index >= 15 is 0 Å². The zero-order valence-electron chi connectivity index (χ0n) is 9.10. The van der Waals surface area contributed by atoms with E-state index in [2.05, 4.69) is 10.1 Å². The van der Waals surface area contributed by atoms with Gasteiger partial charge in [-0.2, -0.15) is 18.3 Å². The van der Waals surface area contributed by atoms with Crippen LogP contribution >= 0.6 is 0 Å². The van der Waals surface area contributed by atoms with Gasteiger partial charge in [-0.05, 0) is 18.2 Å². The largest absolute Gasteiger partial charge is 0.394 e. The van der Waals surface area contributed by atoms with E-state index in [0.717, 1.165) is 10.7 Å². The van der Waals surface area contributed by atoms with E-state index in [1.807, 2.05) is 0 Å². The van der Waals surface area contributed by atoms with Gasteiger partial charge in [0.2, 0.25) is 6.30 Å². The molecular weight excluding hydrogens is 250 g/mol. The molecule has 0 aliphatic heterocycles. The van der Waals surface area contributed by atoms with E-state index in [-0.39, 0.29) is 11.3 Å². The van der Waals surface area contributed by atoms with Gasteiger partial charge < -0.3 is 0 Å². The molecule has 1 unspecified atom stereocenters. The lowest BCUT2D eigenvalue weighted by atomic mass is 10.2. The Morgan fingerprint density at radius 1 is 1.17 bits per heavy atom. The van der Waals surface area contributed by atoms with Gasteiger partial charge in [-0.25, -0.2) is 9.07 Å². The molecule has 7 heteroatoms. The zero-order chi connectivity index (χ0) is 13.2. The predicted octanol–water partition coefficient (Wildman–Crippen LogP) is 2.90. The molecule has 18 heavy (non-hydrogen) atoms. The molecule has 0 radical (unpaired) electrons. The van der Waals surface area contributed by atoms with Crippen LogP contribution in [0.2, 0.25) is 0 Å². The third-order valence-corrected chi connectivity index (χ3v) is 2.26. The van der Waals surface area contributed by atoms with Gasteiger partial charge in [0, 0.05) is 24.2 Å². The van der Waals surface area contributed by atoms with Crippen molar-refractivity contribution in [3.63, 3.8) is 0 Å². The van der Waals surface area contributed by atoms with Gasteiger partial charge in [0.15, 0.2) is 0 Å². The quantitative estimate of drug-likeness (QED) is 0.793. The van der Waals surface area contributed by atoms with Crippen molar-refractivity contribution in [1.82, 2.24) is 14.8 Å². The average molecular weight is 259 g/mol. The first-order valence-electron chi connectivity index (χ1n) is 5.10. The van der Waals surface area contributed by atoms with Gasteiger partial charge in [-0.3, -0.25) is 4.98 Å². The lowest BCUT2D eigenvalue weighted by Crippen LogP contribution is -2.13. The Balaban J connectivity index is 2.15. The van der Waals surface area contributed by atoms with Crippen LogP contribution < -0.4 is 0 Å². The highest BCUT2D eigenvalue weighted by Gasteiger charge is 2.29. The van der Waals surface area contributed by atoms with Gasteiger partial charge in [-0.15, -0.1) is 0 Å². The molecule has 0 aliphatic rings. The van der Waals surface area contributed by atoms with Crippen molar-refractivity contribution >= 4 is 0 Å². The number of hydrogen-bond acceptors (Lipinski definition) is 2. The lowest BCUT2D eigenvalue weighted by molar-refractivity contribution is -0.127. The second-order valence-electron chi connectivity index (χ2n) is 3.70. The Morgan fingerprint density at radius 2 is 1.83 bits per heavy atom. The first kappa shape index (κ1) is 12.5. The number of alkyl halides is 4.